The Morgan fingerprint density at radius 3 is 2.79 bits per heavy atom. The van der Waals surface area contributed by atoms with E-state index >= 15 is 0 Å². The summed E-state index contributed by atoms with van der Waals surface area (Å²) >= 11 is 0. The second kappa shape index (κ2) is 9.73. The molecule has 2 fully saturated rings. The molecule has 2 aliphatic rings. The second-order valence-electron chi connectivity index (χ2n) is 9.84. The fourth-order valence-electron chi connectivity index (χ4n) is 5.21. The summed E-state index contributed by atoms with van der Waals surface area (Å²) in [5, 5.41) is 15.9. The second-order valence-corrected chi connectivity index (χ2v) is 9.84. The molecule has 0 radical (unpaired) electrons. The molecule has 4 heterocycles. The van der Waals surface area contributed by atoms with E-state index in [0.29, 0.717) is 29.0 Å². The van der Waals surface area contributed by atoms with Crippen LogP contribution in [0.25, 0.3) is 10.9 Å². The number of anilines is 2. The molecule has 1 N–H and O–H groups in total. The molecular weight excluding hydrogens is 484 g/mol. The first-order chi connectivity index (χ1) is 18.3. The Kier molecular flexibility index (Phi) is 6.43. The predicted molar refractivity (Wildman–Crippen MR) is 142 cm³/mol. The summed E-state index contributed by atoms with van der Waals surface area (Å²) in [6, 6.07) is 4.55. The van der Waals surface area contributed by atoms with Gasteiger partial charge in [0.2, 0.25) is 11.7 Å². The molecule has 0 unspecified atom stereocenters. The SMILES string of the molecule is C=CN=C(/C=C\C)C(=O)[C@@H]1C[C@@]2(C)C[C@H]2N1C(=O)Cn1nc(C(C)=O)c2cc(Nc3cccnn3)ncc21. The highest BCUT2D eigenvalue weighted by molar-refractivity contribution is 6.46. The molecule has 0 aromatic carbocycles. The maximum absolute atomic E-state index is 13.7. The molecule has 0 bridgehead atoms. The Labute approximate surface area is 219 Å². The van der Waals surface area contributed by atoms with Crippen molar-refractivity contribution in [2.24, 2.45) is 10.4 Å². The number of Topliss-reactive ketones (excluding diaryl/α,β-unsaturated/α-hetero) is 2. The zero-order valence-corrected chi connectivity index (χ0v) is 21.5. The molecule has 11 heteroatoms. The van der Waals surface area contributed by atoms with Crippen molar-refractivity contribution in [2.45, 2.75) is 52.2 Å². The number of aromatic nitrogens is 5. The number of likely N-dealkylation sites (tertiary alicyclic amines) is 1. The highest BCUT2D eigenvalue weighted by Crippen LogP contribution is 2.59. The Bertz CT molecular complexity index is 1510. The maximum atomic E-state index is 13.7. The largest absolute Gasteiger partial charge is 0.327 e. The van der Waals surface area contributed by atoms with Crippen LogP contribution < -0.4 is 5.32 Å². The molecule has 194 valence electrons. The average molecular weight is 513 g/mol. The lowest BCUT2D eigenvalue weighted by Gasteiger charge is -2.26. The van der Waals surface area contributed by atoms with Crippen molar-refractivity contribution in [1.29, 1.82) is 0 Å². The van der Waals surface area contributed by atoms with Gasteiger partial charge < -0.3 is 10.2 Å². The number of ketones is 2. The molecule has 0 spiro atoms. The molecule has 38 heavy (non-hydrogen) atoms. The van der Waals surface area contributed by atoms with Gasteiger partial charge in [-0.05, 0) is 49.5 Å². The van der Waals surface area contributed by atoms with Crippen LogP contribution in [0.3, 0.4) is 0 Å². The van der Waals surface area contributed by atoms with Gasteiger partial charge in [-0.3, -0.25) is 24.1 Å². The number of fused-ring (bicyclic) bond motifs is 2. The summed E-state index contributed by atoms with van der Waals surface area (Å²) in [4.78, 5) is 49.7. The lowest BCUT2D eigenvalue weighted by Crippen LogP contribution is -2.46. The summed E-state index contributed by atoms with van der Waals surface area (Å²) in [6.07, 6.45) is 9.25. The number of nitrogens with zero attached hydrogens (tertiary/aromatic N) is 7. The third-order valence-electron chi connectivity index (χ3n) is 7.12. The number of aliphatic imine (C=N–C) groups is 1. The van der Waals surface area contributed by atoms with E-state index in [1.807, 2.05) is 0 Å². The quantitative estimate of drug-likeness (QED) is 0.341. The van der Waals surface area contributed by atoms with Gasteiger partial charge in [0.25, 0.3) is 0 Å². The first kappa shape index (κ1) is 25.1. The van der Waals surface area contributed by atoms with Crippen LogP contribution in [0.5, 0.6) is 0 Å². The number of allylic oxidation sites excluding steroid dienone is 2. The number of pyridine rings is 1. The smallest absolute Gasteiger partial charge is 0.245 e. The molecule has 1 amide bonds. The van der Waals surface area contributed by atoms with E-state index in [2.05, 4.69) is 44.1 Å². The van der Waals surface area contributed by atoms with Crippen LogP contribution >= 0.6 is 0 Å². The average Bonchev–Trinajstić information content (AvgIpc) is 3.26. The van der Waals surface area contributed by atoms with Gasteiger partial charge in [-0.25, -0.2) is 4.98 Å². The zero-order valence-electron chi connectivity index (χ0n) is 21.5. The standard InChI is InChI=1S/C27H28N8O3/c1-5-8-18(28-6-2)26(38)19-12-27(4)13-21(27)35(19)24(37)15-34-20-14-29-23(31-22-9-7-10-30-32-22)11-17(20)25(33-34)16(3)36/h5-11,14,19,21H,2,12-13,15H2,1,3-4H3,(H,29,31,32)/b8-5-,28-18?/t19-,21+,27-/m0/s1. The Hall–Kier alpha value is -4.54. The van der Waals surface area contributed by atoms with Crippen LogP contribution in [-0.4, -0.2) is 65.1 Å². The lowest BCUT2D eigenvalue weighted by atomic mass is 9.97. The van der Waals surface area contributed by atoms with Crippen LogP contribution in [0.1, 0.15) is 44.1 Å². The fraction of sp³-hybridized carbons (Fsp3) is 0.333. The molecule has 3 aromatic rings. The van der Waals surface area contributed by atoms with E-state index in [1.165, 1.54) is 17.8 Å². The van der Waals surface area contributed by atoms with Crippen LogP contribution in [0, 0.1) is 5.41 Å². The lowest BCUT2D eigenvalue weighted by molar-refractivity contribution is -0.137. The topological polar surface area (TPSA) is 135 Å². The molecule has 5 rings (SSSR count). The molecule has 1 aliphatic heterocycles. The Morgan fingerprint density at radius 2 is 2.11 bits per heavy atom. The number of carbonyl (C=O) groups excluding carboxylic acids is 3. The van der Waals surface area contributed by atoms with Crippen LogP contribution in [0.2, 0.25) is 0 Å². The van der Waals surface area contributed by atoms with Crippen molar-refractivity contribution in [3.8, 4) is 0 Å². The van der Waals surface area contributed by atoms with Crippen LogP contribution in [0.4, 0.5) is 11.6 Å². The van der Waals surface area contributed by atoms with Crippen molar-refractivity contribution < 1.29 is 14.4 Å². The highest BCUT2D eigenvalue weighted by Gasteiger charge is 2.64. The third kappa shape index (κ3) is 4.51. The molecule has 1 saturated heterocycles. The number of hydrogen-bond acceptors (Lipinski definition) is 9. The van der Waals surface area contributed by atoms with Gasteiger partial charge in [0.1, 0.15) is 23.8 Å². The number of rotatable bonds is 9. The van der Waals surface area contributed by atoms with E-state index in [1.54, 1.807) is 54.6 Å². The van der Waals surface area contributed by atoms with Crippen molar-refractivity contribution in [2.75, 3.05) is 5.32 Å². The molecular formula is C27H28N8O3. The summed E-state index contributed by atoms with van der Waals surface area (Å²) in [5.74, 6) is 0.276. The van der Waals surface area contributed by atoms with E-state index < -0.39 is 6.04 Å². The van der Waals surface area contributed by atoms with Crippen molar-refractivity contribution in [1.82, 2.24) is 29.9 Å². The molecule has 3 atom stereocenters. The number of amides is 1. The third-order valence-corrected chi connectivity index (χ3v) is 7.12. The summed E-state index contributed by atoms with van der Waals surface area (Å²) in [7, 11) is 0. The van der Waals surface area contributed by atoms with Crippen molar-refractivity contribution >= 4 is 45.7 Å². The predicted octanol–water partition coefficient (Wildman–Crippen LogP) is 3.28. The molecule has 1 aliphatic carbocycles. The number of nitrogens with one attached hydrogen (secondary N) is 1. The minimum absolute atomic E-state index is 0.0189. The highest BCUT2D eigenvalue weighted by atomic mass is 16.2. The molecule has 1 saturated carbocycles. The van der Waals surface area contributed by atoms with Gasteiger partial charge >= 0.3 is 0 Å². The first-order valence-corrected chi connectivity index (χ1v) is 12.3. The first-order valence-electron chi connectivity index (χ1n) is 12.3. The summed E-state index contributed by atoms with van der Waals surface area (Å²) in [6.45, 7) is 8.80. The fourth-order valence-corrected chi connectivity index (χ4v) is 5.21. The van der Waals surface area contributed by atoms with Gasteiger partial charge in [0.05, 0.1) is 17.8 Å². The van der Waals surface area contributed by atoms with E-state index in [-0.39, 0.29) is 46.9 Å². The summed E-state index contributed by atoms with van der Waals surface area (Å²) < 4.78 is 1.48. The maximum Gasteiger partial charge on any atom is 0.245 e. The van der Waals surface area contributed by atoms with E-state index in [4.69, 9.17) is 0 Å². The van der Waals surface area contributed by atoms with Gasteiger partial charge in [0.15, 0.2) is 11.6 Å². The van der Waals surface area contributed by atoms with Gasteiger partial charge in [-0.2, -0.15) is 10.2 Å². The van der Waals surface area contributed by atoms with Crippen LogP contribution in [0.15, 0.2) is 60.5 Å². The minimum Gasteiger partial charge on any atom is -0.327 e. The Morgan fingerprint density at radius 1 is 1.29 bits per heavy atom. The Balaban J connectivity index is 1.44. The van der Waals surface area contributed by atoms with E-state index in [9.17, 15) is 14.4 Å². The molecule has 11 nitrogen and oxygen atoms in total. The van der Waals surface area contributed by atoms with Crippen molar-refractivity contribution in [3.63, 3.8) is 0 Å². The van der Waals surface area contributed by atoms with Crippen LogP contribution in [-0.2, 0) is 16.1 Å². The molecule has 3 aromatic heterocycles. The number of piperidine rings is 1. The normalized spacial score (nSPS) is 22.5. The number of carbonyl (C=O) groups is 3. The monoisotopic (exact) mass is 512 g/mol. The van der Waals surface area contributed by atoms with Gasteiger partial charge in [-0.1, -0.05) is 19.6 Å². The van der Waals surface area contributed by atoms with E-state index in [0.717, 1.165) is 6.42 Å². The number of hydrogen-bond donors (Lipinski definition) is 1. The minimum atomic E-state index is -0.615. The van der Waals surface area contributed by atoms with Gasteiger partial charge in [0, 0.05) is 30.7 Å². The zero-order chi connectivity index (χ0) is 27.0. The van der Waals surface area contributed by atoms with Gasteiger partial charge in [-0.15, -0.1) is 5.10 Å². The van der Waals surface area contributed by atoms with Crippen molar-refractivity contribution in [3.05, 3.63) is 61.2 Å². The summed E-state index contributed by atoms with van der Waals surface area (Å²) in [5.41, 5.74) is 0.948.